The first-order chi connectivity index (χ1) is 12.3. The van der Waals surface area contributed by atoms with E-state index in [1.54, 1.807) is 0 Å². The van der Waals surface area contributed by atoms with Crippen molar-refractivity contribution < 1.29 is 37.8 Å². The summed E-state index contributed by atoms with van der Waals surface area (Å²) in [6.07, 6.45) is 0. The van der Waals surface area contributed by atoms with Crippen LogP contribution in [0.25, 0.3) is 0 Å². The van der Waals surface area contributed by atoms with Crippen molar-refractivity contribution in [3.63, 3.8) is 0 Å². The maximum Gasteiger partial charge on any atom is 0.208 e. The summed E-state index contributed by atoms with van der Waals surface area (Å²) in [7, 11) is -4.94. The molecule has 0 saturated carbocycles. The minimum Gasteiger partial charge on any atom is -0.264 e. The molecular formula is C19H24ClN2O4+. The number of halogens is 1. The molecule has 2 aromatic carbocycles. The van der Waals surface area contributed by atoms with Gasteiger partial charge in [0.05, 0.1) is 0 Å². The van der Waals surface area contributed by atoms with E-state index < -0.39 is 10.2 Å². The Bertz CT molecular complexity index is 637. The first-order valence-electron chi connectivity index (χ1n) is 8.68. The molecule has 0 N–H and O–H groups in total. The van der Waals surface area contributed by atoms with Crippen LogP contribution in [0, 0.1) is 10.2 Å². The molecule has 0 radical (unpaired) electrons. The number of piperazine rings is 1. The number of nitrogens with zero attached hydrogens (tertiary/aromatic N) is 2. The summed E-state index contributed by atoms with van der Waals surface area (Å²) in [5.74, 6) is 0. The molecule has 0 spiro atoms. The van der Waals surface area contributed by atoms with Crippen LogP contribution in [0.1, 0.15) is 11.1 Å². The van der Waals surface area contributed by atoms with Gasteiger partial charge in [0.15, 0.2) is 0 Å². The summed E-state index contributed by atoms with van der Waals surface area (Å²) in [5, 5.41) is 0. The molecule has 26 heavy (non-hydrogen) atoms. The Morgan fingerprint density at radius 2 is 0.923 bits per heavy atom. The second-order valence-electron chi connectivity index (χ2n) is 7.38. The van der Waals surface area contributed by atoms with Crippen LogP contribution in [0.5, 0.6) is 0 Å². The molecule has 0 amide bonds. The quantitative estimate of drug-likeness (QED) is 0.589. The zero-order valence-corrected chi connectivity index (χ0v) is 15.4. The fraction of sp³-hybridized carbons (Fsp3) is 0.368. The van der Waals surface area contributed by atoms with Gasteiger partial charge in [-0.25, -0.2) is 18.6 Å². The normalized spacial score (nSPS) is 27.1. The lowest BCUT2D eigenvalue weighted by Gasteiger charge is -2.27. The van der Waals surface area contributed by atoms with Crippen LogP contribution in [0.3, 0.4) is 0 Å². The van der Waals surface area contributed by atoms with E-state index in [-0.39, 0.29) is 0 Å². The van der Waals surface area contributed by atoms with Crippen molar-refractivity contribution in [2.45, 2.75) is 13.1 Å². The van der Waals surface area contributed by atoms with Gasteiger partial charge in [-0.15, -0.1) is 10.2 Å². The molecule has 140 valence electrons. The number of fused-ring (bicyclic) bond motifs is 2. The van der Waals surface area contributed by atoms with Crippen LogP contribution in [-0.4, -0.2) is 41.8 Å². The number of hydrogen-bond donors (Lipinski definition) is 0. The highest BCUT2D eigenvalue weighted by atomic mass is 35.7. The average Bonchev–Trinajstić information content (AvgIpc) is 3.10. The lowest BCUT2D eigenvalue weighted by molar-refractivity contribution is -2.00. The van der Waals surface area contributed by atoms with Crippen LogP contribution < -0.4 is 18.6 Å². The smallest absolute Gasteiger partial charge is 0.208 e. The lowest BCUT2D eigenvalue weighted by Crippen LogP contribution is -2.68. The second-order valence-corrected chi connectivity index (χ2v) is 8.14. The molecule has 0 unspecified atom stereocenters. The molecule has 6 nitrogen and oxygen atoms in total. The third kappa shape index (κ3) is 5.25. The van der Waals surface area contributed by atoms with Crippen LogP contribution >= 0.6 is 0 Å². The van der Waals surface area contributed by atoms with Crippen LogP contribution in [0.4, 0.5) is 0 Å². The van der Waals surface area contributed by atoms with Gasteiger partial charge in [0, 0.05) is 11.1 Å². The maximum absolute atomic E-state index is 8.49. The first kappa shape index (κ1) is 19.3. The van der Waals surface area contributed by atoms with Gasteiger partial charge < -0.3 is 0 Å². The topological polar surface area (TPSA) is 92.2 Å². The molecule has 2 fully saturated rings. The van der Waals surface area contributed by atoms with E-state index in [1.165, 1.54) is 66.0 Å². The predicted octanol–water partition coefficient (Wildman–Crippen LogP) is -1.75. The monoisotopic (exact) mass is 379 g/mol. The summed E-state index contributed by atoms with van der Waals surface area (Å²) in [6.45, 7) is 9.15. The molecular weight excluding hydrogens is 356 g/mol. The molecule has 0 atom stereocenters. The van der Waals surface area contributed by atoms with Crippen molar-refractivity contribution in [2.75, 3.05) is 32.8 Å². The van der Waals surface area contributed by atoms with Crippen molar-refractivity contribution >= 4 is 0 Å². The highest BCUT2D eigenvalue weighted by Gasteiger charge is 2.55. The van der Waals surface area contributed by atoms with Crippen molar-refractivity contribution in [3.8, 4) is 0 Å². The Hall–Kier alpha value is -1.51. The van der Waals surface area contributed by atoms with Gasteiger partial charge in [-0.2, -0.15) is 0 Å². The molecule has 2 aromatic rings. The Labute approximate surface area is 156 Å². The Kier molecular flexibility index (Phi) is 5.64. The standard InChI is InChI=1S/C19H24N2.ClHO4/c1-3-7-18(8-4-1)15-20-11-13-21(17-20,14-12-20)16-19-9-5-2-6-10-19;2-1(3,4)5/h1-10H,11-17H2;(H,2,3,4,5)/q+2;/p-1. The van der Waals surface area contributed by atoms with E-state index in [4.69, 9.17) is 18.6 Å². The lowest BCUT2D eigenvalue weighted by atomic mass is 10.1. The minimum atomic E-state index is -4.94. The molecule has 0 aliphatic carbocycles. The summed E-state index contributed by atoms with van der Waals surface area (Å²) < 4.78 is 36.6. The van der Waals surface area contributed by atoms with Crippen molar-refractivity contribution in [2.24, 2.45) is 0 Å². The highest BCUT2D eigenvalue weighted by Crippen LogP contribution is 2.35. The van der Waals surface area contributed by atoms with Crippen LogP contribution in [-0.2, 0) is 13.1 Å². The molecule has 0 aromatic heterocycles. The third-order valence-electron chi connectivity index (χ3n) is 5.42. The van der Waals surface area contributed by atoms with E-state index in [0.717, 1.165) is 0 Å². The summed E-state index contributed by atoms with van der Waals surface area (Å²) in [5.41, 5.74) is 3.00. The number of hydrogen-bond acceptors (Lipinski definition) is 4. The molecule has 4 rings (SSSR count). The van der Waals surface area contributed by atoms with Crippen molar-refractivity contribution in [1.29, 1.82) is 0 Å². The Balaban J connectivity index is 0.000000349. The summed E-state index contributed by atoms with van der Waals surface area (Å²) in [4.78, 5) is 0. The zero-order chi connectivity index (χ0) is 18.7. The molecule has 2 aliphatic rings. The molecule has 2 bridgehead atoms. The predicted molar refractivity (Wildman–Crippen MR) is 85.1 cm³/mol. The largest absolute Gasteiger partial charge is 0.264 e. The van der Waals surface area contributed by atoms with Gasteiger partial charge in [-0.3, -0.25) is 8.97 Å². The molecule has 7 heteroatoms. The van der Waals surface area contributed by atoms with E-state index >= 15 is 0 Å². The number of rotatable bonds is 4. The van der Waals surface area contributed by atoms with Crippen LogP contribution in [0.2, 0.25) is 0 Å². The molecule has 2 heterocycles. The van der Waals surface area contributed by atoms with E-state index in [1.807, 2.05) is 0 Å². The fourth-order valence-corrected chi connectivity index (χ4v) is 4.35. The SMILES string of the molecule is [O-][Cl+3]([O-])([O-])[O-].c1ccc(C[N+]23CC[N+](Cc4ccccc4)(CC2)C3)cc1. The highest BCUT2D eigenvalue weighted by molar-refractivity contribution is 5.14. The first-order valence-corrected chi connectivity index (χ1v) is 9.91. The zero-order valence-electron chi connectivity index (χ0n) is 14.6. The van der Waals surface area contributed by atoms with Crippen molar-refractivity contribution in [3.05, 3.63) is 71.8 Å². The summed E-state index contributed by atoms with van der Waals surface area (Å²) >= 11 is 0. The van der Waals surface area contributed by atoms with Gasteiger partial charge in [-0.1, -0.05) is 60.7 Å². The second kappa shape index (κ2) is 7.62. The fourth-order valence-electron chi connectivity index (χ4n) is 4.35. The third-order valence-corrected chi connectivity index (χ3v) is 5.42. The Morgan fingerprint density at radius 3 is 1.23 bits per heavy atom. The van der Waals surface area contributed by atoms with E-state index in [2.05, 4.69) is 60.7 Å². The van der Waals surface area contributed by atoms with Gasteiger partial charge in [0.2, 0.25) is 6.67 Å². The summed E-state index contributed by atoms with van der Waals surface area (Å²) in [6, 6.07) is 22.1. The number of benzene rings is 2. The van der Waals surface area contributed by atoms with Crippen molar-refractivity contribution in [1.82, 2.24) is 0 Å². The van der Waals surface area contributed by atoms with E-state index in [0.29, 0.717) is 0 Å². The molecule has 2 saturated heterocycles. The van der Waals surface area contributed by atoms with Gasteiger partial charge >= 0.3 is 0 Å². The van der Waals surface area contributed by atoms with Crippen LogP contribution in [0.15, 0.2) is 60.7 Å². The van der Waals surface area contributed by atoms with Gasteiger partial charge in [0.25, 0.3) is 0 Å². The maximum atomic E-state index is 8.49. The minimum absolute atomic E-state index is 1.22. The van der Waals surface area contributed by atoms with E-state index in [9.17, 15) is 0 Å². The molecule has 2 aliphatic heterocycles. The van der Waals surface area contributed by atoms with Gasteiger partial charge in [-0.05, 0) is 0 Å². The number of quaternary nitrogens is 2. The Morgan fingerprint density at radius 1 is 0.615 bits per heavy atom. The average molecular weight is 380 g/mol. The van der Waals surface area contributed by atoms with Gasteiger partial charge in [0.1, 0.15) is 39.3 Å².